The molecule has 8 heteroatoms. The third-order valence-corrected chi connectivity index (χ3v) is 6.70. The molecule has 34 heavy (non-hydrogen) atoms. The summed E-state index contributed by atoms with van der Waals surface area (Å²) in [4.78, 5) is 15.4. The summed E-state index contributed by atoms with van der Waals surface area (Å²) in [5, 5.41) is 13.0. The van der Waals surface area contributed by atoms with Gasteiger partial charge < -0.3 is 9.88 Å². The van der Waals surface area contributed by atoms with Crippen LogP contribution in [0.2, 0.25) is 5.02 Å². The zero-order valence-corrected chi connectivity index (χ0v) is 20.6. The Morgan fingerprint density at radius 2 is 1.56 bits per heavy atom. The van der Waals surface area contributed by atoms with Crippen LogP contribution in [0.4, 0.5) is 17.1 Å². The fourth-order valence-corrected chi connectivity index (χ4v) is 4.76. The summed E-state index contributed by atoms with van der Waals surface area (Å²) in [7, 11) is 0. The molecule has 3 aromatic carbocycles. The Kier molecular flexibility index (Phi) is 7.87. The summed E-state index contributed by atoms with van der Waals surface area (Å²) in [5.41, 5.74) is 2.49. The minimum Gasteiger partial charge on any atom is -0.377 e. The van der Waals surface area contributed by atoms with Crippen LogP contribution >= 0.6 is 23.4 Å². The normalized spacial score (nSPS) is 11.7. The molecular formula is C26H26ClN5OS. The predicted octanol–water partition coefficient (Wildman–Crippen LogP) is 6.41. The lowest BCUT2D eigenvalue weighted by Gasteiger charge is -2.25. The first-order chi connectivity index (χ1) is 16.6. The Labute approximate surface area is 209 Å². The lowest BCUT2D eigenvalue weighted by atomic mass is 10.2. The number of carbonyl (C=O) groups excluding carboxylic acids is 1. The molecule has 0 fully saturated rings. The Morgan fingerprint density at radius 3 is 2.15 bits per heavy atom. The van der Waals surface area contributed by atoms with Crippen molar-refractivity contribution >= 4 is 46.3 Å². The van der Waals surface area contributed by atoms with Gasteiger partial charge >= 0.3 is 0 Å². The van der Waals surface area contributed by atoms with Crippen LogP contribution in [-0.4, -0.2) is 25.9 Å². The molecule has 0 aliphatic heterocycles. The SMILES string of the molecule is CCn1c(CNc2ccccc2Cl)nnc1S[C@H](C)C(=O)N(c1ccccc1)c1ccccc1. The molecule has 1 N–H and O–H groups in total. The molecule has 0 bridgehead atoms. The number of amides is 1. The van der Waals surface area contributed by atoms with Gasteiger partial charge in [0.2, 0.25) is 5.91 Å². The Hall–Kier alpha value is -3.29. The van der Waals surface area contributed by atoms with Gasteiger partial charge in [0.25, 0.3) is 0 Å². The van der Waals surface area contributed by atoms with Crippen molar-refractivity contribution in [3.63, 3.8) is 0 Å². The summed E-state index contributed by atoms with van der Waals surface area (Å²) < 4.78 is 2.02. The Bertz CT molecular complexity index is 1190. The molecule has 0 spiro atoms. The molecule has 0 saturated carbocycles. The van der Waals surface area contributed by atoms with Crippen molar-refractivity contribution in [3.05, 3.63) is 95.8 Å². The average molecular weight is 492 g/mol. The van der Waals surface area contributed by atoms with E-state index in [4.69, 9.17) is 11.6 Å². The third kappa shape index (κ3) is 5.43. The van der Waals surface area contributed by atoms with Crippen molar-refractivity contribution in [2.24, 2.45) is 0 Å². The molecule has 0 aliphatic carbocycles. The third-order valence-electron chi connectivity index (χ3n) is 5.30. The number of aromatic nitrogens is 3. The number of rotatable bonds is 9. The van der Waals surface area contributed by atoms with Crippen LogP contribution in [-0.2, 0) is 17.9 Å². The largest absolute Gasteiger partial charge is 0.377 e. The van der Waals surface area contributed by atoms with Gasteiger partial charge in [0, 0.05) is 17.9 Å². The second kappa shape index (κ2) is 11.2. The molecule has 0 saturated heterocycles. The fourth-order valence-electron chi connectivity index (χ4n) is 3.58. The average Bonchev–Trinajstić information content (AvgIpc) is 3.26. The van der Waals surface area contributed by atoms with Gasteiger partial charge in [-0.05, 0) is 50.2 Å². The maximum absolute atomic E-state index is 13.6. The highest BCUT2D eigenvalue weighted by Crippen LogP contribution is 2.31. The molecule has 6 nitrogen and oxygen atoms in total. The minimum atomic E-state index is -0.376. The number of carbonyl (C=O) groups is 1. The Morgan fingerprint density at radius 1 is 0.971 bits per heavy atom. The van der Waals surface area contributed by atoms with Gasteiger partial charge in [-0.1, -0.05) is 71.9 Å². The maximum Gasteiger partial charge on any atom is 0.244 e. The van der Waals surface area contributed by atoms with Gasteiger partial charge in [0.1, 0.15) is 0 Å². The molecule has 1 atom stereocenters. The van der Waals surface area contributed by atoms with Crippen molar-refractivity contribution in [1.29, 1.82) is 0 Å². The van der Waals surface area contributed by atoms with E-state index in [0.29, 0.717) is 23.3 Å². The quantitative estimate of drug-likeness (QED) is 0.274. The van der Waals surface area contributed by atoms with Crippen LogP contribution in [0, 0.1) is 0 Å². The Balaban J connectivity index is 1.52. The zero-order chi connectivity index (χ0) is 23.9. The molecule has 0 aliphatic rings. The predicted molar refractivity (Wildman–Crippen MR) is 140 cm³/mol. The molecule has 4 aromatic rings. The van der Waals surface area contributed by atoms with Crippen molar-refractivity contribution in [2.75, 3.05) is 10.2 Å². The van der Waals surface area contributed by atoms with E-state index < -0.39 is 0 Å². The lowest BCUT2D eigenvalue weighted by Crippen LogP contribution is -2.33. The molecule has 0 radical (unpaired) electrons. The summed E-state index contributed by atoms with van der Waals surface area (Å²) in [5.74, 6) is 0.760. The molecule has 1 heterocycles. The number of hydrogen-bond acceptors (Lipinski definition) is 5. The van der Waals surface area contributed by atoms with Gasteiger partial charge in [-0.25, -0.2) is 0 Å². The minimum absolute atomic E-state index is 0.0243. The number of nitrogens with zero attached hydrogens (tertiary/aromatic N) is 4. The van der Waals surface area contributed by atoms with E-state index >= 15 is 0 Å². The summed E-state index contributed by atoms with van der Waals surface area (Å²) in [6.45, 7) is 5.12. The summed E-state index contributed by atoms with van der Waals surface area (Å²) >= 11 is 7.66. The number of para-hydroxylation sites is 3. The molecule has 4 rings (SSSR count). The van der Waals surface area contributed by atoms with Crippen LogP contribution in [0.5, 0.6) is 0 Å². The smallest absolute Gasteiger partial charge is 0.244 e. The number of hydrogen-bond donors (Lipinski definition) is 1. The van der Waals surface area contributed by atoms with E-state index in [9.17, 15) is 4.79 Å². The van der Waals surface area contributed by atoms with Gasteiger partial charge in [0.15, 0.2) is 11.0 Å². The highest BCUT2D eigenvalue weighted by atomic mass is 35.5. The van der Waals surface area contributed by atoms with Crippen molar-refractivity contribution < 1.29 is 4.79 Å². The second-order valence-electron chi connectivity index (χ2n) is 7.58. The van der Waals surface area contributed by atoms with Gasteiger partial charge in [-0.15, -0.1) is 10.2 Å². The van der Waals surface area contributed by atoms with Gasteiger partial charge in [-0.3, -0.25) is 9.69 Å². The number of halogens is 1. The second-order valence-corrected chi connectivity index (χ2v) is 9.30. The van der Waals surface area contributed by atoms with Crippen LogP contribution in [0.25, 0.3) is 0 Å². The first kappa shape index (κ1) is 23.9. The highest BCUT2D eigenvalue weighted by Gasteiger charge is 2.26. The van der Waals surface area contributed by atoms with Gasteiger partial charge in [-0.2, -0.15) is 0 Å². The van der Waals surface area contributed by atoms with E-state index in [2.05, 4.69) is 15.5 Å². The summed E-state index contributed by atoms with van der Waals surface area (Å²) in [6, 6.07) is 27.0. The van der Waals surface area contributed by atoms with E-state index in [1.165, 1.54) is 11.8 Å². The molecule has 0 unspecified atom stereocenters. The topological polar surface area (TPSA) is 63.1 Å². The van der Waals surface area contributed by atoms with Crippen LogP contribution in [0.15, 0.2) is 90.1 Å². The lowest BCUT2D eigenvalue weighted by molar-refractivity contribution is -0.117. The fraction of sp³-hybridized carbons (Fsp3) is 0.192. The first-order valence-corrected chi connectivity index (χ1v) is 12.4. The van der Waals surface area contributed by atoms with E-state index in [1.807, 2.05) is 103 Å². The first-order valence-electron chi connectivity index (χ1n) is 11.1. The van der Waals surface area contributed by atoms with Crippen LogP contribution in [0.1, 0.15) is 19.7 Å². The van der Waals surface area contributed by atoms with E-state index in [-0.39, 0.29) is 11.2 Å². The molecule has 174 valence electrons. The van der Waals surface area contributed by atoms with Crippen molar-refractivity contribution in [3.8, 4) is 0 Å². The number of nitrogens with one attached hydrogen (secondary N) is 1. The zero-order valence-electron chi connectivity index (χ0n) is 19.1. The monoisotopic (exact) mass is 491 g/mol. The number of thioether (sulfide) groups is 1. The summed E-state index contributed by atoms with van der Waals surface area (Å²) in [6.07, 6.45) is 0. The molecular weight excluding hydrogens is 466 g/mol. The van der Waals surface area contributed by atoms with E-state index in [1.54, 1.807) is 4.90 Å². The van der Waals surface area contributed by atoms with Gasteiger partial charge in [0.05, 0.1) is 22.5 Å². The van der Waals surface area contributed by atoms with Crippen molar-refractivity contribution in [1.82, 2.24) is 14.8 Å². The number of anilines is 3. The standard InChI is InChI=1S/C26H26ClN5OS/c1-3-31-24(18-28-23-17-11-10-16-22(23)27)29-30-26(31)34-19(2)25(33)32(20-12-6-4-7-13-20)21-14-8-5-9-15-21/h4-17,19,28H,3,18H2,1-2H3/t19-/m1/s1. The molecule has 1 amide bonds. The van der Waals surface area contributed by atoms with Crippen LogP contribution in [0.3, 0.4) is 0 Å². The van der Waals surface area contributed by atoms with Crippen molar-refractivity contribution in [2.45, 2.75) is 37.3 Å². The highest BCUT2D eigenvalue weighted by molar-refractivity contribution is 8.00. The maximum atomic E-state index is 13.6. The number of benzene rings is 3. The van der Waals surface area contributed by atoms with Crippen LogP contribution < -0.4 is 10.2 Å². The molecule has 1 aromatic heterocycles. The van der Waals surface area contributed by atoms with E-state index in [0.717, 1.165) is 22.9 Å².